The summed E-state index contributed by atoms with van der Waals surface area (Å²) >= 11 is 0. The largest absolute Gasteiger partial charge is 0.497 e. The van der Waals surface area contributed by atoms with Crippen molar-refractivity contribution in [3.63, 3.8) is 0 Å². The van der Waals surface area contributed by atoms with Crippen LogP contribution in [-0.4, -0.2) is 39.2 Å². The summed E-state index contributed by atoms with van der Waals surface area (Å²) in [7, 11) is 2.97. The quantitative estimate of drug-likeness (QED) is 0.711. The molecule has 2 N–H and O–H groups in total. The third-order valence-electron chi connectivity index (χ3n) is 3.99. The number of carbonyl (C=O) groups is 2. The van der Waals surface area contributed by atoms with Gasteiger partial charge in [-0.15, -0.1) is 0 Å². The highest BCUT2D eigenvalue weighted by atomic mass is 16.5. The molecule has 0 atom stereocenters. The Hall–Kier alpha value is -3.02. The van der Waals surface area contributed by atoms with Crippen molar-refractivity contribution in [1.29, 1.82) is 0 Å². The Balaban J connectivity index is 1.80. The van der Waals surface area contributed by atoms with Gasteiger partial charge in [0.05, 0.1) is 26.3 Å². The number of esters is 1. The predicted octanol–water partition coefficient (Wildman–Crippen LogP) is 2.56. The molecule has 6 heteroatoms. The highest BCUT2D eigenvalue weighted by Gasteiger charge is 2.09. The monoisotopic (exact) mass is 356 g/mol. The van der Waals surface area contributed by atoms with Gasteiger partial charge in [-0.3, -0.25) is 4.79 Å². The fourth-order valence-corrected chi connectivity index (χ4v) is 2.43. The van der Waals surface area contributed by atoms with Crippen LogP contribution in [0.3, 0.4) is 0 Å². The van der Waals surface area contributed by atoms with E-state index in [4.69, 9.17) is 9.47 Å². The number of methoxy groups -OCH3 is 2. The second-order valence-corrected chi connectivity index (χ2v) is 5.82. The van der Waals surface area contributed by atoms with Crippen molar-refractivity contribution in [2.24, 2.45) is 0 Å². The summed E-state index contributed by atoms with van der Waals surface area (Å²) in [5, 5.41) is 5.93. The zero-order valence-corrected chi connectivity index (χ0v) is 15.3. The van der Waals surface area contributed by atoms with E-state index in [0.717, 1.165) is 29.0 Å². The molecule has 0 bridgehead atoms. The summed E-state index contributed by atoms with van der Waals surface area (Å²) in [4.78, 5) is 23.6. The Kier molecular flexibility index (Phi) is 7.02. The Labute approximate surface area is 153 Å². The van der Waals surface area contributed by atoms with Gasteiger partial charge in [-0.05, 0) is 48.7 Å². The minimum atomic E-state index is -0.406. The SMILES string of the molecule is COC(=O)c1ccc(C)c(NCC(=O)NCCc2ccc(OC)cc2)c1. The topological polar surface area (TPSA) is 76.7 Å². The van der Waals surface area contributed by atoms with E-state index in [1.807, 2.05) is 37.3 Å². The lowest BCUT2D eigenvalue weighted by Gasteiger charge is -2.11. The lowest BCUT2D eigenvalue weighted by atomic mass is 10.1. The number of rotatable bonds is 8. The molecule has 138 valence electrons. The van der Waals surface area contributed by atoms with Gasteiger partial charge >= 0.3 is 5.97 Å². The van der Waals surface area contributed by atoms with Crippen molar-refractivity contribution in [3.05, 3.63) is 59.2 Å². The number of hydrogen-bond acceptors (Lipinski definition) is 5. The molecule has 0 spiro atoms. The normalized spacial score (nSPS) is 10.1. The van der Waals surface area contributed by atoms with E-state index < -0.39 is 5.97 Å². The molecule has 0 aliphatic heterocycles. The van der Waals surface area contributed by atoms with Crippen LogP contribution in [0, 0.1) is 6.92 Å². The Morgan fingerprint density at radius 3 is 2.42 bits per heavy atom. The van der Waals surface area contributed by atoms with Crippen LogP contribution in [0.5, 0.6) is 5.75 Å². The zero-order chi connectivity index (χ0) is 18.9. The summed E-state index contributed by atoms with van der Waals surface area (Å²) in [6.45, 7) is 2.59. The molecule has 26 heavy (non-hydrogen) atoms. The van der Waals surface area contributed by atoms with E-state index in [0.29, 0.717) is 12.1 Å². The van der Waals surface area contributed by atoms with Crippen LogP contribution in [0.4, 0.5) is 5.69 Å². The first kappa shape index (κ1) is 19.3. The Morgan fingerprint density at radius 2 is 1.77 bits per heavy atom. The average molecular weight is 356 g/mol. The first-order valence-electron chi connectivity index (χ1n) is 8.36. The third-order valence-corrected chi connectivity index (χ3v) is 3.99. The zero-order valence-electron chi connectivity index (χ0n) is 15.3. The van der Waals surface area contributed by atoms with Gasteiger partial charge in [-0.1, -0.05) is 18.2 Å². The van der Waals surface area contributed by atoms with Crippen molar-refractivity contribution < 1.29 is 19.1 Å². The molecule has 0 aromatic heterocycles. The molecular weight excluding hydrogens is 332 g/mol. The number of amides is 1. The molecule has 6 nitrogen and oxygen atoms in total. The summed E-state index contributed by atoms with van der Waals surface area (Å²) in [6, 6.07) is 12.9. The Bertz CT molecular complexity index is 757. The molecule has 0 radical (unpaired) electrons. The first-order valence-corrected chi connectivity index (χ1v) is 8.36. The second-order valence-electron chi connectivity index (χ2n) is 5.82. The van der Waals surface area contributed by atoms with Crippen LogP contribution in [-0.2, 0) is 16.0 Å². The van der Waals surface area contributed by atoms with E-state index in [-0.39, 0.29) is 12.5 Å². The summed E-state index contributed by atoms with van der Waals surface area (Å²) in [5.41, 5.74) is 3.25. The fraction of sp³-hybridized carbons (Fsp3) is 0.300. The number of ether oxygens (including phenoxy) is 2. The van der Waals surface area contributed by atoms with Gasteiger partial charge < -0.3 is 20.1 Å². The van der Waals surface area contributed by atoms with Crippen molar-refractivity contribution in [3.8, 4) is 5.75 Å². The van der Waals surface area contributed by atoms with E-state index in [1.54, 1.807) is 19.2 Å². The average Bonchev–Trinajstić information content (AvgIpc) is 2.67. The van der Waals surface area contributed by atoms with Crippen LogP contribution in [0.1, 0.15) is 21.5 Å². The number of benzene rings is 2. The van der Waals surface area contributed by atoms with E-state index in [1.165, 1.54) is 7.11 Å². The highest BCUT2D eigenvalue weighted by molar-refractivity contribution is 5.91. The van der Waals surface area contributed by atoms with Crippen molar-refractivity contribution in [1.82, 2.24) is 5.32 Å². The number of hydrogen-bond donors (Lipinski definition) is 2. The molecule has 2 aromatic carbocycles. The minimum Gasteiger partial charge on any atom is -0.497 e. The molecule has 0 aliphatic rings. The summed E-state index contributed by atoms with van der Waals surface area (Å²) < 4.78 is 9.83. The van der Waals surface area contributed by atoms with Crippen molar-refractivity contribution >= 4 is 17.6 Å². The van der Waals surface area contributed by atoms with Crippen LogP contribution in [0.2, 0.25) is 0 Å². The maximum Gasteiger partial charge on any atom is 0.337 e. The van der Waals surface area contributed by atoms with Crippen molar-refractivity contribution in [2.45, 2.75) is 13.3 Å². The van der Waals surface area contributed by atoms with Gasteiger partial charge in [0.2, 0.25) is 5.91 Å². The molecule has 1 amide bonds. The Morgan fingerprint density at radius 1 is 1.04 bits per heavy atom. The molecule has 0 fully saturated rings. The van der Waals surface area contributed by atoms with Crippen LogP contribution >= 0.6 is 0 Å². The number of aryl methyl sites for hydroxylation is 1. The molecule has 0 saturated heterocycles. The van der Waals surface area contributed by atoms with Gasteiger partial charge in [0, 0.05) is 12.2 Å². The maximum atomic E-state index is 12.0. The maximum absolute atomic E-state index is 12.0. The molecular formula is C20H24N2O4. The van der Waals surface area contributed by atoms with Gasteiger partial charge in [0.15, 0.2) is 0 Å². The van der Waals surface area contributed by atoms with Crippen LogP contribution < -0.4 is 15.4 Å². The van der Waals surface area contributed by atoms with Crippen LogP contribution in [0.15, 0.2) is 42.5 Å². The highest BCUT2D eigenvalue weighted by Crippen LogP contribution is 2.17. The molecule has 0 unspecified atom stereocenters. The first-order chi connectivity index (χ1) is 12.5. The van der Waals surface area contributed by atoms with Crippen molar-refractivity contribution in [2.75, 3.05) is 32.6 Å². The third kappa shape index (κ3) is 5.51. The molecule has 2 rings (SSSR count). The van der Waals surface area contributed by atoms with Gasteiger partial charge in [0.1, 0.15) is 5.75 Å². The standard InChI is InChI=1S/C20H24N2O4/c1-14-4-7-16(20(24)26-3)12-18(14)22-13-19(23)21-11-10-15-5-8-17(25-2)9-6-15/h4-9,12,22H,10-11,13H2,1-3H3,(H,21,23). The van der Waals surface area contributed by atoms with E-state index in [9.17, 15) is 9.59 Å². The lowest BCUT2D eigenvalue weighted by Crippen LogP contribution is -2.31. The molecule has 0 aliphatic carbocycles. The smallest absolute Gasteiger partial charge is 0.337 e. The lowest BCUT2D eigenvalue weighted by molar-refractivity contribution is -0.119. The summed E-state index contributed by atoms with van der Waals surface area (Å²) in [5.74, 6) is 0.296. The van der Waals surface area contributed by atoms with E-state index >= 15 is 0 Å². The number of nitrogens with one attached hydrogen (secondary N) is 2. The minimum absolute atomic E-state index is 0.110. The van der Waals surface area contributed by atoms with E-state index in [2.05, 4.69) is 10.6 Å². The van der Waals surface area contributed by atoms with Gasteiger partial charge in [-0.25, -0.2) is 4.79 Å². The van der Waals surface area contributed by atoms with Crippen LogP contribution in [0.25, 0.3) is 0 Å². The van der Waals surface area contributed by atoms with Gasteiger partial charge in [0.25, 0.3) is 0 Å². The number of anilines is 1. The molecule has 0 heterocycles. The molecule has 2 aromatic rings. The predicted molar refractivity (Wildman–Crippen MR) is 101 cm³/mol. The molecule has 0 saturated carbocycles. The fourth-order valence-electron chi connectivity index (χ4n) is 2.43. The van der Waals surface area contributed by atoms with Gasteiger partial charge in [-0.2, -0.15) is 0 Å². The second kappa shape index (κ2) is 9.46. The number of carbonyl (C=O) groups excluding carboxylic acids is 2. The summed E-state index contributed by atoms with van der Waals surface area (Å²) in [6.07, 6.45) is 0.743.